The summed E-state index contributed by atoms with van der Waals surface area (Å²) in [6, 6.07) is 9.79. The zero-order valence-electron chi connectivity index (χ0n) is 18.5. The number of methoxy groups -OCH3 is 2. The minimum Gasteiger partial charge on any atom is -0.497 e. The topological polar surface area (TPSA) is 108 Å². The van der Waals surface area contributed by atoms with Crippen LogP contribution in [0.1, 0.15) is 22.8 Å². The molecule has 0 radical (unpaired) electrons. The number of esters is 2. The third-order valence-corrected chi connectivity index (χ3v) is 6.25. The smallest absolute Gasteiger partial charge is 0.343 e. The average molecular weight is 597 g/mol. The van der Waals surface area contributed by atoms with Crippen LogP contribution in [0.25, 0.3) is 6.08 Å². The van der Waals surface area contributed by atoms with Crippen molar-refractivity contribution in [3.63, 3.8) is 0 Å². The Morgan fingerprint density at radius 1 is 1.12 bits per heavy atom. The van der Waals surface area contributed by atoms with Crippen LogP contribution in [-0.4, -0.2) is 55.4 Å². The second kappa shape index (κ2) is 11.4. The van der Waals surface area contributed by atoms with Gasteiger partial charge in [0.1, 0.15) is 12.3 Å². The van der Waals surface area contributed by atoms with Gasteiger partial charge >= 0.3 is 11.9 Å². The summed E-state index contributed by atoms with van der Waals surface area (Å²) in [5.74, 6) is -0.710. The highest BCUT2D eigenvalue weighted by Crippen LogP contribution is 2.38. The van der Waals surface area contributed by atoms with Gasteiger partial charge in [-0.25, -0.2) is 4.79 Å². The van der Waals surface area contributed by atoms with Gasteiger partial charge in [-0.05, 0) is 89.3 Å². The summed E-state index contributed by atoms with van der Waals surface area (Å²) in [4.78, 5) is 49.8. The quantitative estimate of drug-likeness (QED) is 0.192. The molecule has 0 bridgehead atoms. The maximum absolute atomic E-state index is 12.7. The molecule has 1 saturated heterocycles. The van der Waals surface area contributed by atoms with E-state index >= 15 is 0 Å². The van der Waals surface area contributed by atoms with E-state index in [4.69, 9.17) is 14.2 Å². The maximum Gasteiger partial charge on any atom is 0.343 e. The van der Waals surface area contributed by atoms with Crippen LogP contribution in [0.15, 0.2) is 41.3 Å². The lowest BCUT2D eigenvalue weighted by Crippen LogP contribution is -2.34. The molecule has 0 N–H and O–H groups in total. The van der Waals surface area contributed by atoms with E-state index in [-0.39, 0.29) is 10.7 Å². The van der Waals surface area contributed by atoms with Crippen molar-refractivity contribution in [2.75, 3.05) is 27.4 Å². The molecule has 0 spiro atoms. The molecule has 2 aromatic rings. The van der Waals surface area contributed by atoms with Gasteiger partial charge in [0.05, 0.1) is 34.9 Å². The van der Waals surface area contributed by atoms with Crippen molar-refractivity contribution in [2.45, 2.75) is 6.92 Å². The highest BCUT2D eigenvalue weighted by atomic mass is 127. The summed E-state index contributed by atoms with van der Waals surface area (Å²) in [7, 11) is 2.71. The number of nitrogens with zero attached hydrogens (tertiary/aromatic N) is 1. The fourth-order valence-electron chi connectivity index (χ4n) is 2.89. The largest absolute Gasteiger partial charge is 0.497 e. The van der Waals surface area contributed by atoms with E-state index < -0.39 is 29.6 Å². The average Bonchev–Trinajstić information content (AvgIpc) is 3.08. The Labute approximate surface area is 213 Å². The number of ether oxygens (including phenoxy) is 4. The van der Waals surface area contributed by atoms with Crippen molar-refractivity contribution in [3.05, 3.63) is 56.0 Å². The number of thioether (sulfide) groups is 1. The van der Waals surface area contributed by atoms with Crippen molar-refractivity contribution in [1.29, 1.82) is 0 Å². The first-order valence-corrected chi connectivity index (χ1v) is 11.8. The zero-order chi connectivity index (χ0) is 24.8. The molecule has 9 nitrogen and oxygen atoms in total. The highest BCUT2D eigenvalue weighted by Gasteiger charge is 2.36. The summed E-state index contributed by atoms with van der Waals surface area (Å²) < 4.78 is 21.5. The Bertz CT molecular complexity index is 1160. The molecule has 1 heterocycles. The van der Waals surface area contributed by atoms with Gasteiger partial charge in [0.15, 0.2) is 11.5 Å². The van der Waals surface area contributed by atoms with E-state index in [0.29, 0.717) is 32.8 Å². The molecular weight excluding hydrogens is 577 g/mol. The second-order valence-electron chi connectivity index (χ2n) is 6.73. The predicted octanol–water partition coefficient (Wildman–Crippen LogP) is 4.13. The van der Waals surface area contributed by atoms with Gasteiger partial charge in [-0.2, -0.15) is 0 Å². The van der Waals surface area contributed by atoms with Crippen LogP contribution in [-0.2, 0) is 14.3 Å². The molecule has 34 heavy (non-hydrogen) atoms. The Morgan fingerprint density at radius 3 is 2.44 bits per heavy atom. The summed E-state index contributed by atoms with van der Waals surface area (Å²) in [6.07, 6.45) is 1.52. The van der Waals surface area contributed by atoms with Crippen molar-refractivity contribution < 1.29 is 38.1 Å². The second-order valence-corrected chi connectivity index (χ2v) is 8.88. The summed E-state index contributed by atoms with van der Waals surface area (Å²) >= 11 is 2.72. The first-order valence-electron chi connectivity index (χ1n) is 9.92. The van der Waals surface area contributed by atoms with Crippen LogP contribution >= 0.6 is 34.4 Å². The van der Waals surface area contributed by atoms with Crippen LogP contribution in [0, 0.1) is 3.57 Å². The van der Waals surface area contributed by atoms with E-state index in [2.05, 4.69) is 4.74 Å². The molecule has 178 valence electrons. The molecule has 3 rings (SSSR count). The van der Waals surface area contributed by atoms with Gasteiger partial charge in [-0.1, -0.05) is 0 Å². The summed E-state index contributed by atoms with van der Waals surface area (Å²) in [5.41, 5.74) is 0.892. The SMILES string of the molecule is CCOc1cc(/C=C2\SC(=O)N(CC(=O)OC)C2=O)cc(I)c1OC(=O)c1ccc(OC)cc1. The van der Waals surface area contributed by atoms with Crippen LogP contribution in [0.4, 0.5) is 4.79 Å². The van der Waals surface area contributed by atoms with E-state index in [9.17, 15) is 19.2 Å². The molecule has 0 saturated carbocycles. The minimum absolute atomic E-state index is 0.148. The molecule has 1 aliphatic heterocycles. The Morgan fingerprint density at radius 2 is 1.82 bits per heavy atom. The maximum atomic E-state index is 12.7. The molecule has 0 aromatic heterocycles. The van der Waals surface area contributed by atoms with Crippen LogP contribution in [0.3, 0.4) is 0 Å². The van der Waals surface area contributed by atoms with Gasteiger partial charge in [0, 0.05) is 0 Å². The monoisotopic (exact) mass is 597 g/mol. The normalized spacial score (nSPS) is 14.4. The molecule has 0 atom stereocenters. The number of imide groups is 1. The molecule has 2 amide bonds. The van der Waals surface area contributed by atoms with Crippen molar-refractivity contribution in [2.24, 2.45) is 0 Å². The van der Waals surface area contributed by atoms with Gasteiger partial charge in [0.25, 0.3) is 11.1 Å². The number of rotatable bonds is 8. The fourth-order valence-corrected chi connectivity index (χ4v) is 4.47. The third-order valence-electron chi connectivity index (χ3n) is 4.54. The molecule has 1 fully saturated rings. The lowest BCUT2D eigenvalue weighted by Gasteiger charge is -2.14. The van der Waals surface area contributed by atoms with Crippen molar-refractivity contribution in [3.8, 4) is 17.2 Å². The molecule has 2 aromatic carbocycles. The van der Waals surface area contributed by atoms with Crippen LogP contribution < -0.4 is 14.2 Å². The lowest BCUT2D eigenvalue weighted by molar-refractivity contribution is -0.143. The molecular formula is C23H20INO8S. The fraction of sp³-hybridized carbons (Fsp3) is 0.217. The van der Waals surface area contributed by atoms with Gasteiger partial charge in [0.2, 0.25) is 0 Å². The first kappa shape index (κ1) is 25.6. The van der Waals surface area contributed by atoms with Gasteiger partial charge < -0.3 is 18.9 Å². The van der Waals surface area contributed by atoms with Crippen molar-refractivity contribution in [1.82, 2.24) is 4.90 Å². The van der Waals surface area contributed by atoms with E-state index in [1.54, 1.807) is 43.3 Å². The van der Waals surface area contributed by atoms with Crippen molar-refractivity contribution >= 4 is 63.5 Å². The number of hydrogen-bond acceptors (Lipinski definition) is 9. The minimum atomic E-state index is -0.695. The summed E-state index contributed by atoms with van der Waals surface area (Å²) in [6.45, 7) is 1.63. The van der Waals surface area contributed by atoms with Crippen LogP contribution in [0.2, 0.25) is 0 Å². The number of carbonyl (C=O) groups excluding carboxylic acids is 4. The Kier molecular flexibility index (Phi) is 8.56. The Hall–Kier alpha value is -3.06. The number of carbonyl (C=O) groups is 4. The zero-order valence-corrected chi connectivity index (χ0v) is 21.4. The van der Waals surface area contributed by atoms with E-state index in [1.165, 1.54) is 20.3 Å². The van der Waals surface area contributed by atoms with Gasteiger partial charge in [-0.3, -0.25) is 19.3 Å². The number of hydrogen-bond donors (Lipinski definition) is 0. The predicted molar refractivity (Wildman–Crippen MR) is 133 cm³/mol. The van der Waals surface area contributed by atoms with E-state index in [1.807, 2.05) is 22.6 Å². The molecule has 0 unspecified atom stereocenters. The molecule has 1 aliphatic rings. The van der Waals surface area contributed by atoms with Crippen LogP contribution in [0.5, 0.6) is 17.2 Å². The number of halogens is 1. The third kappa shape index (κ3) is 5.89. The number of benzene rings is 2. The molecule has 0 aliphatic carbocycles. The summed E-state index contributed by atoms with van der Waals surface area (Å²) in [5, 5.41) is -0.563. The van der Waals surface area contributed by atoms with Gasteiger partial charge in [-0.15, -0.1) is 0 Å². The highest BCUT2D eigenvalue weighted by molar-refractivity contribution is 14.1. The number of amides is 2. The molecule has 11 heteroatoms. The first-order chi connectivity index (χ1) is 16.3. The Balaban J connectivity index is 1.87. The standard InChI is InChI=1S/C23H20INO8S/c1-4-32-17-10-13(11-18-21(27)25(23(29)34-18)12-19(26)31-3)9-16(24)20(17)33-22(28)14-5-7-15(30-2)8-6-14/h5-11H,4,12H2,1-3H3/b18-11-. The lowest BCUT2D eigenvalue weighted by atomic mass is 10.1. The van der Waals surface area contributed by atoms with E-state index in [0.717, 1.165) is 16.7 Å².